The fourth-order valence-corrected chi connectivity index (χ4v) is 5.97. The van der Waals surface area contributed by atoms with Crippen LogP contribution in [-0.4, -0.2) is 26.1 Å². The Morgan fingerprint density at radius 2 is 1.88 bits per heavy atom. The molecule has 1 atom stereocenters. The molecule has 1 aromatic carbocycles. The molecule has 0 saturated heterocycles. The summed E-state index contributed by atoms with van der Waals surface area (Å²) in [6.07, 6.45) is 12.3. The third-order valence-corrected chi connectivity index (χ3v) is 8.23. The molecule has 2 heterocycles. The van der Waals surface area contributed by atoms with Gasteiger partial charge in [0.1, 0.15) is 9.34 Å². The first-order valence-corrected chi connectivity index (χ1v) is 13.3. The van der Waals surface area contributed by atoms with Crippen molar-refractivity contribution in [2.45, 2.75) is 70.3 Å². The lowest BCUT2D eigenvalue weighted by Gasteiger charge is -2.27. The highest BCUT2D eigenvalue weighted by Crippen LogP contribution is 2.34. The molecular formula is C26H28ClN3O3S. The highest BCUT2D eigenvalue weighted by Gasteiger charge is 2.28. The third kappa shape index (κ3) is 5.31. The van der Waals surface area contributed by atoms with Gasteiger partial charge in [0.25, 0.3) is 5.56 Å². The summed E-state index contributed by atoms with van der Waals surface area (Å²) in [4.78, 5) is 48.2. The quantitative estimate of drug-likeness (QED) is 0.348. The van der Waals surface area contributed by atoms with Crippen molar-refractivity contribution in [3.8, 4) is 0 Å². The van der Waals surface area contributed by atoms with Crippen LogP contribution in [0.1, 0.15) is 79.2 Å². The average molecular weight is 498 g/mol. The number of aromatic nitrogens is 3. The van der Waals surface area contributed by atoms with Crippen LogP contribution in [0.2, 0.25) is 4.34 Å². The molecule has 5 rings (SSSR count). The summed E-state index contributed by atoms with van der Waals surface area (Å²) in [5, 5.41) is 1.09. The van der Waals surface area contributed by atoms with Crippen LogP contribution < -0.4 is 5.56 Å². The van der Waals surface area contributed by atoms with E-state index in [1.807, 2.05) is 0 Å². The number of carbonyl (C=O) groups is 2. The molecule has 2 aromatic heterocycles. The van der Waals surface area contributed by atoms with Crippen molar-refractivity contribution in [1.29, 1.82) is 0 Å². The van der Waals surface area contributed by atoms with Gasteiger partial charge >= 0.3 is 0 Å². The number of carbonyl (C=O) groups excluding carboxylic acids is 2. The van der Waals surface area contributed by atoms with E-state index in [1.165, 1.54) is 28.7 Å². The van der Waals surface area contributed by atoms with E-state index in [4.69, 9.17) is 11.6 Å². The number of rotatable bonds is 9. The summed E-state index contributed by atoms with van der Waals surface area (Å²) < 4.78 is 2.04. The van der Waals surface area contributed by atoms with Gasteiger partial charge < -0.3 is 0 Å². The first-order valence-electron chi connectivity index (χ1n) is 12.1. The number of thiazole rings is 1. The molecule has 1 unspecified atom stereocenters. The summed E-state index contributed by atoms with van der Waals surface area (Å²) in [5.41, 5.74) is 0.857. The molecule has 0 bridgehead atoms. The highest BCUT2D eigenvalue weighted by molar-refractivity contribution is 7.15. The molecular weight excluding hydrogens is 470 g/mol. The third-order valence-electron chi connectivity index (χ3n) is 7.12. The summed E-state index contributed by atoms with van der Waals surface area (Å²) in [7, 11) is 0. The minimum Gasteiger partial charge on any atom is -0.297 e. The Labute approximate surface area is 207 Å². The second kappa shape index (κ2) is 10.1. The predicted molar refractivity (Wildman–Crippen MR) is 134 cm³/mol. The first kappa shape index (κ1) is 23.4. The number of halogens is 1. The largest absolute Gasteiger partial charge is 0.297 e. The van der Waals surface area contributed by atoms with E-state index in [-0.39, 0.29) is 23.5 Å². The van der Waals surface area contributed by atoms with Crippen molar-refractivity contribution in [2.75, 3.05) is 0 Å². The second-order valence-electron chi connectivity index (χ2n) is 9.72. The van der Waals surface area contributed by atoms with Crippen LogP contribution in [-0.2, 0) is 11.2 Å². The Hall–Kier alpha value is -2.38. The van der Waals surface area contributed by atoms with E-state index in [2.05, 4.69) is 9.97 Å². The monoisotopic (exact) mass is 497 g/mol. The molecule has 2 aliphatic carbocycles. The number of fused-ring (bicyclic) bond motifs is 1. The average Bonchev–Trinajstić information content (AvgIpc) is 3.57. The maximum absolute atomic E-state index is 13.5. The van der Waals surface area contributed by atoms with Gasteiger partial charge in [-0.2, -0.15) is 0 Å². The maximum atomic E-state index is 13.5. The SMILES string of the molecule is O=C(CC1CC1)c1ccc2c(=O)n(C(CC3CCCCC3)C(=O)Cc3ncc(Cl)s3)cnc2c1. The normalized spacial score (nSPS) is 17.7. The lowest BCUT2D eigenvalue weighted by Crippen LogP contribution is -2.33. The van der Waals surface area contributed by atoms with Crippen LogP contribution in [0.4, 0.5) is 0 Å². The molecule has 2 aliphatic rings. The van der Waals surface area contributed by atoms with Crippen molar-refractivity contribution in [3.05, 3.63) is 56.0 Å². The van der Waals surface area contributed by atoms with E-state index < -0.39 is 6.04 Å². The molecule has 0 N–H and O–H groups in total. The van der Waals surface area contributed by atoms with Gasteiger partial charge in [-0.1, -0.05) is 49.8 Å². The molecule has 8 heteroatoms. The number of hydrogen-bond acceptors (Lipinski definition) is 6. The zero-order chi connectivity index (χ0) is 23.7. The number of ketones is 2. The van der Waals surface area contributed by atoms with Gasteiger partial charge in [0.15, 0.2) is 11.6 Å². The minimum atomic E-state index is -0.591. The number of benzene rings is 1. The molecule has 0 aliphatic heterocycles. The summed E-state index contributed by atoms with van der Waals surface area (Å²) in [5.74, 6) is 0.968. The van der Waals surface area contributed by atoms with Gasteiger partial charge in [0.2, 0.25) is 0 Å². The van der Waals surface area contributed by atoms with Crippen molar-refractivity contribution >= 4 is 45.4 Å². The topological polar surface area (TPSA) is 81.9 Å². The Bertz CT molecular complexity index is 1270. The molecule has 6 nitrogen and oxygen atoms in total. The standard InChI is InChI=1S/C26H28ClN3O3S/c27-24-14-28-25(34-24)13-23(32)21(10-16-4-2-1-3-5-16)30-15-29-20-12-18(8-9-19(20)26(30)33)22(31)11-17-6-7-17/h8-9,12,14-17,21H,1-7,10-11,13H2. The second-order valence-corrected chi connectivity index (χ2v) is 11.5. The van der Waals surface area contributed by atoms with E-state index in [0.29, 0.717) is 50.5 Å². The Morgan fingerprint density at radius 3 is 2.59 bits per heavy atom. The van der Waals surface area contributed by atoms with E-state index in [0.717, 1.165) is 38.5 Å². The van der Waals surface area contributed by atoms with Crippen LogP contribution >= 0.6 is 22.9 Å². The van der Waals surface area contributed by atoms with Crippen molar-refractivity contribution in [2.24, 2.45) is 11.8 Å². The van der Waals surface area contributed by atoms with Crippen molar-refractivity contribution in [1.82, 2.24) is 14.5 Å². The Kier molecular flexibility index (Phi) is 6.93. The summed E-state index contributed by atoms with van der Waals surface area (Å²) in [6, 6.07) is 4.52. The molecule has 0 radical (unpaired) electrons. The smallest absolute Gasteiger partial charge is 0.261 e. The van der Waals surface area contributed by atoms with Gasteiger partial charge in [-0.05, 0) is 43.2 Å². The van der Waals surface area contributed by atoms with E-state index >= 15 is 0 Å². The number of Topliss-reactive ketones (excluding diaryl/α,β-unsaturated/α-hetero) is 2. The van der Waals surface area contributed by atoms with E-state index in [1.54, 1.807) is 24.4 Å². The zero-order valence-corrected chi connectivity index (χ0v) is 20.6. The van der Waals surface area contributed by atoms with Gasteiger partial charge in [0.05, 0.1) is 35.9 Å². The molecule has 0 spiro atoms. The predicted octanol–water partition coefficient (Wildman–Crippen LogP) is 5.81. The fraction of sp³-hybridized carbons (Fsp3) is 0.500. The number of nitrogens with zero attached hydrogens (tertiary/aromatic N) is 3. The molecule has 2 saturated carbocycles. The Balaban J connectivity index is 1.45. The fourth-order valence-electron chi connectivity index (χ4n) is 5.01. The van der Waals surface area contributed by atoms with Crippen molar-refractivity contribution in [3.63, 3.8) is 0 Å². The molecule has 34 heavy (non-hydrogen) atoms. The molecule has 2 fully saturated rings. The minimum absolute atomic E-state index is 0.0453. The molecule has 0 amide bonds. The van der Waals surface area contributed by atoms with E-state index in [9.17, 15) is 14.4 Å². The highest BCUT2D eigenvalue weighted by atomic mass is 35.5. The van der Waals surface area contributed by atoms with Crippen LogP contribution in [0.25, 0.3) is 10.9 Å². The van der Waals surface area contributed by atoms with Gasteiger partial charge in [-0.3, -0.25) is 19.0 Å². The molecule has 3 aromatic rings. The van der Waals surface area contributed by atoms with Crippen LogP contribution in [0.3, 0.4) is 0 Å². The Morgan fingerprint density at radius 1 is 1.09 bits per heavy atom. The van der Waals surface area contributed by atoms with Gasteiger partial charge in [-0.25, -0.2) is 9.97 Å². The lowest BCUT2D eigenvalue weighted by molar-refractivity contribution is -0.122. The van der Waals surface area contributed by atoms with Crippen LogP contribution in [0.5, 0.6) is 0 Å². The number of hydrogen-bond donors (Lipinski definition) is 0. The van der Waals surface area contributed by atoms with Crippen molar-refractivity contribution < 1.29 is 9.59 Å². The van der Waals surface area contributed by atoms with Crippen LogP contribution in [0.15, 0.2) is 35.5 Å². The summed E-state index contributed by atoms with van der Waals surface area (Å²) >= 11 is 7.30. The maximum Gasteiger partial charge on any atom is 0.261 e. The summed E-state index contributed by atoms with van der Waals surface area (Å²) in [6.45, 7) is 0. The lowest BCUT2D eigenvalue weighted by atomic mass is 9.83. The zero-order valence-electron chi connectivity index (χ0n) is 19.0. The first-order chi connectivity index (χ1) is 16.5. The van der Waals surface area contributed by atoms with Gasteiger partial charge in [-0.15, -0.1) is 11.3 Å². The molecule has 178 valence electrons. The van der Waals surface area contributed by atoms with Crippen LogP contribution in [0, 0.1) is 11.8 Å². The van der Waals surface area contributed by atoms with Gasteiger partial charge in [0, 0.05) is 12.0 Å².